The summed E-state index contributed by atoms with van der Waals surface area (Å²) in [7, 11) is 0. The Bertz CT molecular complexity index is 1250. The molecule has 0 aliphatic carbocycles. The minimum absolute atomic E-state index is 0.167. The summed E-state index contributed by atoms with van der Waals surface area (Å²) in [6.07, 6.45) is 0.167. The van der Waals surface area contributed by atoms with Gasteiger partial charge in [0.1, 0.15) is 12.4 Å². The molecular formula is C26H20FNO3. The third kappa shape index (κ3) is 4.78. The van der Waals surface area contributed by atoms with Crippen LogP contribution in [0.1, 0.15) is 21.5 Å². The van der Waals surface area contributed by atoms with Crippen molar-refractivity contribution in [1.29, 1.82) is 0 Å². The number of carbonyl (C=O) groups excluding carboxylic acids is 2. The molecule has 0 aliphatic heterocycles. The number of carbonyl (C=O) groups is 2. The molecule has 0 aliphatic rings. The number of rotatable bonds is 6. The molecule has 1 N–H and O–H groups in total. The summed E-state index contributed by atoms with van der Waals surface area (Å²) in [5.74, 6) is -1.32. The number of benzene rings is 4. The van der Waals surface area contributed by atoms with Crippen molar-refractivity contribution < 1.29 is 18.7 Å². The second kappa shape index (κ2) is 9.22. The summed E-state index contributed by atoms with van der Waals surface area (Å²) in [6, 6.07) is 26.4. The standard InChI is InChI=1S/C26H20FNO3/c27-23-14-5-2-9-20(23)17-31-26(30)22-13-4-6-15-24(22)28-25(29)16-19-11-7-10-18-8-1-3-12-21(18)19/h1-15H,16-17H2,(H,28,29). The van der Waals surface area contributed by atoms with Crippen LogP contribution in [0.2, 0.25) is 0 Å². The number of ether oxygens (including phenoxy) is 1. The topological polar surface area (TPSA) is 55.4 Å². The monoisotopic (exact) mass is 413 g/mol. The number of hydrogen-bond donors (Lipinski definition) is 1. The van der Waals surface area contributed by atoms with Crippen molar-refractivity contribution in [3.8, 4) is 0 Å². The SMILES string of the molecule is O=C(Cc1cccc2ccccc12)Nc1ccccc1C(=O)OCc1ccccc1F. The van der Waals surface area contributed by atoms with Gasteiger partial charge in [0.2, 0.25) is 5.91 Å². The molecule has 0 heterocycles. The zero-order valence-corrected chi connectivity index (χ0v) is 16.7. The molecule has 0 radical (unpaired) electrons. The fraction of sp³-hybridized carbons (Fsp3) is 0.0769. The molecule has 5 heteroatoms. The Morgan fingerprint density at radius 1 is 0.774 bits per heavy atom. The molecule has 4 aromatic carbocycles. The average Bonchev–Trinajstić information content (AvgIpc) is 2.79. The van der Waals surface area contributed by atoms with Gasteiger partial charge in [0.25, 0.3) is 0 Å². The van der Waals surface area contributed by atoms with E-state index in [-0.39, 0.29) is 30.1 Å². The van der Waals surface area contributed by atoms with E-state index in [0.717, 1.165) is 16.3 Å². The Hall–Kier alpha value is -3.99. The Morgan fingerprint density at radius 3 is 2.32 bits per heavy atom. The number of para-hydroxylation sites is 1. The zero-order valence-electron chi connectivity index (χ0n) is 16.7. The molecule has 0 atom stereocenters. The Balaban J connectivity index is 1.47. The van der Waals surface area contributed by atoms with Crippen LogP contribution in [0.5, 0.6) is 0 Å². The summed E-state index contributed by atoms with van der Waals surface area (Å²) >= 11 is 0. The van der Waals surface area contributed by atoms with E-state index in [2.05, 4.69) is 5.32 Å². The van der Waals surface area contributed by atoms with Gasteiger partial charge in [0, 0.05) is 5.56 Å². The zero-order chi connectivity index (χ0) is 21.6. The predicted octanol–water partition coefficient (Wildman–Crippen LogP) is 5.52. The maximum Gasteiger partial charge on any atom is 0.340 e. The summed E-state index contributed by atoms with van der Waals surface area (Å²) in [5, 5.41) is 4.87. The van der Waals surface area contributed by atoms with Gasteiger partial charge in [-0.2, -0.15) is 0 Å². The molecule has 0 fully saturated rings. The van der Waals surface area contributed by atoms with E-state index in [0.29, 0.717) is 5.69 Å². The summed E-state index contributed by atoms with van der Waals surface area (Å²) < 4.78 is 19.0. The van der Waals surface area contributed by atoms with E-state index in [1.54, 1.807) is 42.5 Å². The van der Waals surface area contributed by atoms with Gasteiger partial charge >= 0.3 is 5.97 Å². The van der Waals surface area contributed by atoms with Crippen LogP contribution in [0.25, 0.3) is 10.8 Å². The first-order chi connectivity index (χ1) is 15.1. The second-order valence-electron chi connectivity index (χ2n) is 7.08. The molecule has 4 nitrogen and oxygen atoms in total. The maximum absolute atomic E-state index is 13.8. The molecule has 31 heavy (non-hydrogen) atoms. The van der Waals surface area contributed by atoms with Crippen molar-refractivity contribution in [2.45, 2.75) is 13.0 Å². The van der Waals surface area contributed by atoms with Crippen LogP contribution in [-0.2, 0) is 22.6 Å². The summed E-state index contributed by atoms with van der Waals surface area (Å²) in [4.78, 5) is 25.3. The highest BCUT2D eigenvalue weighted by atomic mass is 19.1. The van der Waals surface area contributed by atoms with E-state index in [1.807, 2.05) is 42.5 Å². The third-order valence-corrected chi connectivity index (χ3v) is 4.97. The molecule has 0 unspecified atom stereocenters. The minimum Gasteiger partial charge on any atom is -0.457 e. The van der Waals surface area contributed by atoms with Gasteiger partial charge in [0.05, 0.1) is 17.7 Å². The number of anilines is 1. The summed E-state index contributed by atoms with van der Waals surface area (Å²) in [5.41, 5.74) is 1.75. The largest absolute Gasteiger partial charge is 0.457 e. The van der Waals surface area contributed by atoms with Gasteiger partial charge < -0.3 is 10.1 Å². The van der Waals surface area contributed by atoms with Crippen molar-refractivity contribution in [3.05, 3.63) is 114 Å². The maximum atomic E-state index is 13.8. The number of hydrogen-bond acceptors (Lipinski definition) is 3. The lowest BCUT2D eigenvalue weighted by molar-refractivity contribution is -0.115. The first-order valence-electron chi connectivity index (χ1n) is 9.88. The van der Waals surface area contributed by atoms with Crippen LogP contribution in [-0.4, -0.2) is 11.9 Å². The van der Waals surface area contributed by atoms with Gasteiger partial charge in [-0.3, -0.25) is 4.79 Å². The Morgan fingerprint density at radius 2 is 1.45 bits per heavy atom. The van der Waals surface area contributed by atoms with E-state index >= 15 is 0 Å². The van der Waals surface area contributed by atoms with Crippen molar-refractivity contribution in [2.75, 3.05) is 5.32 Å². The molecule has 0 saturated heterocycles. The smallest absolute Gasteiger partial charge is 0.340 e. The number of fused-ring (bicyclic) bond motifs is 1. The van der Waals surface area contributed by atoms with Crippen LogP contribution in [0.15, 0.2) is 91.0 Å². The molecule has 0 saturated carbocycles. The van der Waals surface area contributed by atoms with Gasteiger partial charge in [-0.15, -0.1) is 0 Å². The van der Waals surface area contributed by atoms with E-state index in [9.17, 15) is 14.0 Å². The van der Waals surface area contributed by atoms with Gasteiger partial charge in [-0.1, -0.05) is 72.8 Å². The van der Waals surface area contributed by atoms with Crippen LogP contribution in [0.4, 0.5) is 10.1 Å². The van der Waals surface area contributed by atoms with E-state index in [1.165, 1.54) is 6.07 Å². The molecule has 0 bridgehead atoms. The van der Waals surface area contributed by atoms with Crippen molar-refractivity contribution >= 4 is 28.3 Å². The highest BCUT2D eigenvalue weighted by Gasteiger charge is 2.16. The predicted molar refractivity (Wildman–Crippen MR) is 118 cm³/mol. The van der Waals surface area contributed by atoms with Crippen molar-refractivity contribution in [1.82, 2.24) is 0 Å². The first-order valence-corrected chi connectivity index (χ1v) is 9.88. The number of halogens is 1. The van der Waals surface area contributed by atoms with E-state index < -0.39 is 11.8 Å². The third-order valence-electron chi connectivity index (χ3n) is 4.97. The lowest BCUT2D eigenvalue weighted by atomic mass is 10.0. The van der Waals surface area contributed by atoms with Crippen molar-refractivity contribution in [3.63, 3.8) is 0 Å². The minimum atomic E-state index is -0.635. The Kier molecular flexibility index (Phi) is 6.03. The lowest BCUT2D eigenvalue weighted by Crippen LogP contribution is -2.17. The van der Waals surface area contributed by atoms with Crippen LogP contribution >= 0.6 is 0 Å². The molecule has 4 aromatic rings. The van der Waals surface area contributed by atoms with E-state index in [4.69, 9.17) is 4.74 Å². The Labute approximate surface area is 179 Å². The molecular weight excluding hydrogens is 393 g/mol. The highest BCUT2D eigenvalue weighted by Crippen LogP contribution is 2.21. The van der Waals surface area contributed by atoms with Gasteiger partial charge in [-0.25, -0.2) is 9.18 Å². The van der Waals surface area contributed by atoms with Crippen LogP contribution in [0, 0.1) is 5.82 Å². The van der Waals surface area contributed by atoms with Crippen LogP contribution in [0.3, 0.4) is 0 Å². The fourth-order valence-corrected chi connectivity index (χ4v) is 3.42. The lowest BCUT2D eigenvalue weighted by Gasteiger charge is -2.12. The number of esters is 1. The van der Waals surface area contributed by atoms with Crippen LogP contribution < -0.4 is 5.32 Å². The molecule has 1 amide bonds. The second-order valence-corrected chi connectivity index (χ2v) is 7.08. The highest BCUT2D eigenvalue weighted by molar-refractivity contribution is 6.02. The molecule has 0 aromatic heterocycles. The molecule has 4 rings (SSSR count). The normalized spacial score (nSPS) is 10.6. The molecule has 0 spiro atoms. The van der Waals surface area contributed by atoms with Gasteiger partial charge in [0.15, 0.2) is 0 Å². The average molecular weight is 413 g/mol. The summed E-state index contributed by atoms with van der Waals surface area (Å²) in [6.45, 7) is -0.191. The van der Waals surface area contributed by atoms with Crippen molar-refractivity contribution in [2.24, 2.45) is 0 Å². The first kappa shape index (κ1) is 20.3. The quantitative estimate of drug-likeness (QED) is 0.424. The molecule has 154 valence electrons. The number of amides is 1. The fourth-order valence-electron chi connectivity index (χ4n) is 3.42. The number of nitrogens with one attached hydrogen (secondary N) is 1. The van der Waals surface area contributed by atoms with Gasteiger partial charge in [-0.05, 0) is 34.5 Å².